The lowest BCUT2D eigenvalue weighted by Crippen LogP contribution is -2.45. The van der Waals surface area contributed by atoms with Gasteiger partial charge in [0.1, 0.15) is 5.69 Å². The molecule has 0 spiro atoms. The summed E-state index contributed by atoms with van der Waals surface area (Å²) in [4.78, 5) is 10.8. The molecule has 0 heterocycles. The molecule has 0 amide bonds. The molecule has 4 rings (SSSR count). The number of benzene rings is 1. The number of nitrogens with two attached hydrogens (primary N) is 1. The average Bonchev–Trinajstić information content (AvgIpc) is 2.91. The van der Waals surface area contributed by atoms with E-state index in [1.165, 1.54) is 36.8 Å². The van der Waals surface area contributed by atoms with Crippen molar-refractivity contribution >= 4 is 5.69 Å². The number of hydrogen-bond donors (Lipinski definition) is 1. The van der Waals surface area contributed by atoms with Gasteiger partial charge in [0.05, 0.1) is 12.8 Å². The Morgan fingerprint density at radius 3 is 2.96 bits per heavy atom. The van der Waals surface area contributed by atoms with E-state index in [0.717, 1.165) is 24.7 Å². The summed E-state index contributed by atoms with van der Waals surface area (Å²) < 4.78 is 5.89. The standard InChI is InChI=1S/C19H26N2O2/c1-19-9-8-15-14-5-3-13(21-22)10-12(14)2-4-16(15)17(19)6-7-18(19)23-11-20/h3,5,10,15-18H,2,4,6-9,11,20H2,1H3. The molecule has 0 saturated heterocycles. The van der Waals surface area contributed by atoms with Crippen LogP contribution in [0.2, 0.25) is 0 Å². The Labute approximate surface area is 137 Å². The maximum atomic E-state index is 10.8. The number of hydrogen-bond acceptors (Lipinski definition) is 4. The van der Waals surface area contributed by atoms with Crippen molar-refractivity contribution in [1.29, 1.82) is 0 Å². The third-order valence-corrected chi connectivity index (χ3v) is 7.03. The summed E-state index contributed by atoms with van der Waals surface area (Å²) >= 11 is 0. The van der Waals surface area contributed by atoms with Crippen LogP contribution in [0, 0.1) is 22.2 Å². The fourth-order valence-electron chi connectivity index (χ4n) is 5.97. The van der Waals surface area contributed by atoms with E-state index >= 15 is 0 Å². The van der Waals surface area contributed by atoms with Crippen molar-refractivity contribution in [3.8, 4) is 0 Å². The van der Waals surface area contributed by atoms with Crippen LogP contribution in [-0.4, -0.2) is 12.8 Å². The van der Waals surface area contributed by atoms with E-state index in [1.54, 1.807) is 0 Å². The largest absolute Gasteiger partial charge is 0.363 e. The summed E-state index contributed by atoms with van der Waals surface area (Å²) in [5.41, 5.74) is 9.34. The highest BCUT2D eigenvalue weighted by Crippen LogP contribution is 2.61. The Morgan fingerprint density at radius 2 is 2.17 bits per heavy atom. The van der Waals surface area contributed by atoms with Crippen molar-refractivity contribution in [2.75, 3.05) is 6.73 Å². The zero-order valence-electron chi connectivity index (χ0n) is 13.8. The number of rotatable bonds is 3. The Hall–Kier alpha value is -1.26. The zero-order chi connectivity index (χ0) is 16.0. The Balaban J connectivity index is 1.64. The van der Waals surface area contributed by atoms with Gasteiger partial charge in [0.2, 0.25) is 0 Å². The van der Waals surface area contributed by atoms with Crippen molar-refractivity contribution in [1.82, 2.24) is 0 Å². The second-order valence-electron chi connectivity index (χ2n) is 7.83. The maximum absolute atomic E-state index is 10.8. The van der Waals surface area contributed by atoms with E-state index in [4.69, 9.17) is 10.5 Å². The van der Waals surface area contributed by atoms with Gasteiger partial charge >= 0.3 is 0 Å². The lowest BCUT2D eigenvalue weighted by Gasteiger charge is -2.50. The van der Waals surface area contributed by atoms with Crippen LogP contribution in [0.1, 0.15) is 56.1 Å². The summed E-state index contributed by atoms with van der Waals surface area (Å²) in [6.45, 7) is 2.77. The van der Waals surface area contributed by atoms with Gasteiger partial charge in [0, 0.05) is 0 Å². The SMILES string of the molecule is CC12CCC3c4ccc(N=O)cc4CCC3C1CCC2OCN. The summed E-state index contributed by atoms with van der Waals surface area (Å²) in [6.07, 6.45) is 7.51. The molecule has 1 aromatic rings. The lowest BCUT2D eigenvalue weighted by atomic mass is 9.55. The monoisotopic (exact) mass is 314 g/mol. The molecule has 2 N–H and O–H groups in total. The minimum absolute atomic E-state index is 0.294. The third kappa shape index (κ3) is 2.26. The molecule has 0 aliphatic heterocycles. The highest BCUT2D eigenvalue weighted by molar-refractivity contribution is 5.47. The first-order chi connectivity index (χ1) is 11.2. The van der Waals surface area contributed by atoms with Gasteiger partial charge in [-0.25, -0.2) is 0 Å². The number of aryl methyl sites for hydroxylation is 1. The summed E-state index contributed by atoms with van der Waals surface area (Å²) in [5, 5.41) is 3.10. The van der Waals surface area contributed by atoms with Crippen molar-refractivity contribution in [2.45, 2.75) is 57.5 Å². The Morgan fingerprint density at radius 1 is 1.30 bits per heavy atom. The second kappa shape index (κ2) is 5.67. The zero-order valence-corrected chi connectivity index (χ0v) is 13.8. The molecular formula is C19H26N2O2. The van der Waals surface area contributed by atoms with Crippen LogP contribution in [0.5, 0.6) is 0 Å². The molecule has 0 aromatic heterocycles. The van der Waals surface area contributed by atoms with E-state index in [9.17, 15) is 4.91 Å². The molecule has 5 atom stereocenters. The molecule has 1 aromatic carbocycles. The normalized spacial score (nSPS) is 38.5. The summed E-state index contributed by atoms with van der Waals surface area (Å²) in [6, 6.07) is 6.05. The number of nitrogens with zero attached hydrogens (tertiary/aromatic N) is 1. The van der Waals surface area contributed by atoms with Crippen molar-refractivity contribution in [3.63, 3.8) is 0 Å². The lowest BCUT2D eigenvalue weighted by molar-refractivity contribution is -0.0621. The molecule has 23 heavy (non-hydrogen) atoms. The Bertz CT molecular complexity index is 617. The molecular weight excluding hydrogens is 288 g/mol. The van der Waals surface area contributed by atoms with Crippen molar-refractivity contribution < 1.29 is 4.74 Å². The molecule has 3 aliphatic rings. The van der Waals surface area contributed by atoms with Crippen LogP contribution in [0.25, 0.3) is 0 Å². The maximum Gasteiger partial charge on any atom is 0.108 e. The van der Waals surface area contributed by atoms with Gasteiger partial charge in [-0.05, 0) is 90.1 Å². The van der Waals surface area contributed by atoms with Crippen LogP contribution in [0.15, 0.2) is 23.4 Å². The quantitative estimate of drug-likeness (QED) is 0.670. The van der Waals surface area contributed by atoms with Crippen LogP contribution < -0.4 is 5.73 Å². The number of ether oxygens (including phenoxy) is 1. The van der Waals surface area contributed by atoms with Gasteiger partial charge in [-0.1, -0.05) is 13.0 Å². The van der Waals surface area contributed by atoms with Gasteiger partial charge in [-0.2, -0.15) is 0 Å². The molecule has 0 bridgehead atoms. The van der Waals surface area contributed by atoms with E-state index < -0.39 is 0 Å². The molecule has 124 valence electrons. The van der Waals surface area contributed by atoms with E-state index in [-0.39, 0.29) is 0 Å². The van der Waals surface area contributed by atoms with Crippen molar-refractivity contribution in [3.05, 3.63) is 34.2 Å². The molecule has 5 unspecified atom stereocenters. The van der Waals surface area contributed by atoms with E-state index in [1.807, 2.05) is 12.1 Å². The van der Waals surface area contributed by atoms with Crippen LogP contribution in [-0.2, 0) is 11.2 Å². The van der Waals surface area contributed by atoms with Gasteiger partial charge in [0.15, 0.2) is 0 Å². The van der Waals surface area contributed by atoms with Crippen LogP contribution >= 0.6 is 0 Å². The first kappa shape index (κ1) is 15.3. The average molecular weight is 314 g/mol. The molecule has 2 fully saturated rings. The minimum Gasteiger partial charge on any atom is -0.363 e. The Kier molecular flexibility index (Phi) is 3.77. The topological polar surface area (TPSA) is 64.7 Å². The van der Waals surface area contributed by atoms with Gasteiger partial charge < -0.3 is 10.5 Å². The molecule has 0 radical (unpaired) electrons. The predicted octanol–water partition coefficient (Wildman–Crippen LogP) is 4.24. The van der Waals surface area contributed by atoms with Gasteiger partial charge in [0.25, 0.3) is 0 Å². The molecule has 3 aliphatic carbocycles. The second-order valence-corrected chi connectivity index (χ2v) is 7.83. The van der Waals surface area contributed by atoms with Crippen molar-refractivity contribution in [2.24, 2.45) is 28.2 Å². The van der Waals surface area contributed by atoms with E-state index in [2.05, 4.69) is 18.2 Å². The van der Waals surface area contributed by atoms with Gasteiger partial charge in [-0.15, -0.1) is 4.91 Å². The van der Waals surface area contributed by atoms with Gasteiger partial charge in [-0.3, -0.25) is 0 Å². The van der Waals surface area contributed by atoms with E-state index in [0.29, 0.717) is 29.9 Å². The fraction of sp³-hybridized carbons (Fsp3) is 0.684. The first-order valence-corrected chi connectivity index (χ1v) is 8.95. The van der Waals surface area contributed by atoms with Crippen LogP contribution in [0.3, 0.4) is 0 Å². The minimum atomic E-state index is 0.294. The first-order valence-electron chi connectivity index (χ1n) is 8.95. The number of fused-ring (bicyclic) bond motifs is 5. The third-order valence-electron chi connectivity index (χ3n) is 7.03. The highest BCUT2D eigenvalue weighted by Gasteiger charge is 2.55. The number of nitroso groups, excluding NO2 is 1. The predicted molar refractivity (Wildman–Crippen MR) is 90.4 cm³/mol. The highest BCUT2D eigenvalue weighted by atomic mass is 16.5. The smallest absolute Gasteiger partial charge is 0.108 e. The summed E-state index contributed by atoms with van der Waals surface area (Å²) in [5.74, 6) is 2.15. The van der Waals surface area contributed by atoms with Crippen LogP contribution in [0.4, 0.5) is 5.69 Å². The summed E-state index contributed by atoms with van der Waals surface area (Å²) in [7, 11) is 0. The molecule has 2 saturated carbocycles. The molecule has 4 heteroatoms. The molecule has 4 nitrogen and oxygen atoms in total. The fourth-order valence-corrected chi connectivity index (χ4v) is 5.97.